The highest BCUT2D eigenvalue weighted by Crippen LogP contribution is 2.40. The fourth-order valence-electron chi connectivity index (χ4n) is 0.830. The molecular formula is C8H8Cl3NOS. The number of hydrogen-bond acceptors (Lipinski definition) is 2. The largest absolute Gasteiger partial charge is 0.351 e. The van der Waals surface area contributed by atoms with Crippen LogP contribution >= 0.6 is 46.1 Å². The number of halogens is 3. The molecule has 0 radical (unpaired) electrons. The van der Waals surface area contributed by atoms with Crippen molar-refractivity contribution in [2.45, 2.75) is 13.3 Å². The zero-order valence-electron chi connectivity index (χ0n) is 7.36. The number of carbonyl (C=O) groups excluding carboxylic acids is 1. The topological polar surface area (TPSA) is 29.1 Å². The van der Waals surface area contributed by atoms with Gasteiger partial charge in [0.25, 0.3) is 5.91 Å². The van der Waals surface area contributed by atoms with E-state index in [0.717, 1.165) is 17.8 Å². The average molecular weight is 273 g/mol. The lowest BCUT2D eigenvalue weighted by Crippen LogP contribution is -2.23. The Balaban J connectivity index is 2.85. The van der Waals surface area contributed by atoms with Gasteiger partial charge in [-0.15, -0.1) is 11.3 Å². The first-order chi connectivity index (χ1) is 6.57. The van der Waals surface area contributed by atoms with Gasteiger partial charge in [-0.05, 0) is 6.42 Å². The smallest absolute Gasteiger partial charge is 0.262 e. The molecule has 0 saturated heterocycles. The van der Waals surface area contributed by atoms with Crippen LogP contribution in [-0.2, 0) is 0 Å². The van der Waals surface area contributed by atoms with Crippen molar-refractivity contribution in [3.8, 4) is 0 Å². The van der Waals surface area contributed by atoms with Crippen LogP contribution < -0.4 is 5.32 Å². The number of nitrogens with one attached hydrogen (secondary N) is 1. The van der Waals surface area contributed by atoms with Gasteiger partial charge in [-0.25, -0.2) is 0 Å². The van der Waals surface area contributed by atoms with Gasteiger partial charge in [-0.3, -0.25) is 4.79 Å². The zero-order chi connectivity index (χ0) is 10.7. The predicted octanol–water partition coefficient (Wildman–Crippen LogP) is 3.85. The van der Waals surface area contributed by atoms with Crippen molar-refractivity contribution in [2.75, 3.05) is 6.54 Å². The molecule has 1 amide bonds. The van der Waals surface area contributed by atoms with E-state index in [2.05, 4.69) is 5.32 Å². The Morgan fingerprint density at radius 1 is 1.36 bits per heavy atom. The van der Waals surface area contributed by atoms with Gasteiger partial charge in [0, 0.05) is 6.54 Å². The highest BCUT2D eigenvalue weighted by molar-refractivity contribution is 7.19. The van der Waals surface area contributed by atoms with Gasteiger partial charge in [0.15, 0.2) is 0 Å². The van der Waals surface area contributed by atoms with E-state index < -0.39 is 0 Å². The molecule has 1 rings (SSSR count). The third-order valence-electron chi connectivity index (χ3n) is 1.50. The van der Waals surface area contributed by atoms with E-state index >= 15 is 0 Å². The minimum atomic E-state index is -0.226. The highest BCUT2D eigenvalue weighted by atomic mass is 35.5. The lowest BCUT2D eigenvalue weighted by Gasteiger charge is -2.00. The van der Waals surface area contributed by atoms with E-state index in [1.165, 1.54) is 0 Å². The number of thiophene rings is 1. The van der Waals surface area contributed by atoms with Crippen molar-refractivity contribution in [1.82, 2.24) is 5.32 Å². The average Bonchev–Trinajstić information content (AvgIpc) is 2.42. The number of carbonyl (C=O) groups is 1. The zero-order valence-corrected chi connectivity index (χ0v) is 10.4. The van der Waals surface area contributed by atoms with Crippen molar-refractivity contribution in [3.05, 3.63) is 19.3 Å². The molecule has 1 N–H and O–H groups in total. The van der Waals surface area contributed by atoms with Crippen molar-refractivity contribution < 1.29 is 4.79 Å². The Hall–Kier alpha value is 0.0400. The summed E-state index contributed by atoms with van der Waals surface area (Å²) in [6.07, 6.45) is 0.871. The first-order valence-electron chi connectivity index (χ1n) is 3.99. The van der Waals surface area contributed by atoms with Crippen LogP contribution in [0.3, 0.4) is 0 Å². The SMILES string of the molecule is CCCNC(=O)c1sc(Cl)c(Cl)c1Cl. The lowest BCUT2D eigenvalue weighted by atomic mass is 10.4. The summed E-state index contributed by atoms with van der Waals surface area (Å²) in [5, 5.41) is 3.18. The van der Waals surface area contributed by atoms with Gasteiger partial charge >= 0.3 is 0 Å². The molecule has 1 aromatic heterocycles. The Kier molecular flexibility index (Phi) is 4.51. The van der Waals surface area contributed by atoms with Crippen molar-refractivity contribution >= 4 is 52.0 Å². The molecule has 0 aromatic carbocycles. The van der Waals surface area contributed by atoms with Crippen LogP contribution in [-0.4, -0.2) is 12.5 Å². The maximum absolute atomic E-state index is 11.5. The molecule has 14 heavy (non-hydrogen) atoms. The van der Waals surface area contributed by atoms with Gasteiger partial charge in [0.2, 0.25) is 0 Å². The van der Waals surface area contributed by atoms with E-state index in [-0.39, 0.29) is 16.0 Å². The summed E-state index contributed by atoms with van der Waals surface area (Å²) < 4.78 is 0.346. The van der Waals surface area contributed by atoms with Crippen LogP contribution in [0.2, 0.25) is 14.4 Å². The van der Waals surface area contributed by atoms with Gasteiger partial charge in [0.05, 0.1) is 10.0 Å². The minimum Gasteiger partial charge on any atom is -0.351 e. The van der Waals surface area contributed by atoms with E-state index in [4.69, 9.17) is 34.8 Å². The summed E-state index contributed by atoms with van der Waals surface area (Å²) in [4.78, 5) is 11.9. The number of rotatable bonds is 3. The van der Waals surface area contributed by atoms with Gasteiger partial charge in [-0.2, -0.15) is 0 Å². The Bertz CT molecular complexity index is 351. The third kappa shape index (κ3) is 2.54. The van der Waals surface area contributed by atoms with Crippen LogP contribution in [0.5, 0.6) is 0 Å². The molecule has 0 fully saturated rings. The Labute approximate surface area is 101 Å². The summed E-state index contributed by atoms with van der Waals surface area (Å²) >= 11 is 18.4. The van der Waals surface area contributed by atoms with Gasteiger partial charge in [-0.1, -0.05) is 41.7 Å². The Morgan fingerprint density at radius 2 is 2.00 bits per heavy atom. The van der Waals surface area contributed by atoms with Crippen LogP contribution in [0.25, 0.3) is 0 Å². The molecule has 1 aromatic rings. The molecule has 0 bridgehead atoms. The maximum Gasteiger partial charge on any atom is 0.262 e. The molecule has 6 heteroatoms. The van der Waals surface area contributed by atoms with E-state index in [1.54, 1.807) is 0 Å². The molecule has 0 saturated carbocycles. The molecule has 0 aliphatic heterocycles. The molecule has 2 nitrogen and oxygen atoms in total. The fourth-order valence-corrected chi connectivity index (χ4v) is 2.55. The first kappa shape index (κ1) is 12.1. The van der Waals surface area contributed by atoms with Gasteiger partial charge < -0.3 is 5.32 Å². The first-order valence-corrected chi connectivity index (χ1v) is 5.94. The third-order valence-corrected chi connectivity index (χ3v) is 4.07. The monoisotopic (exact) mass is 271 g/mol. The summed E-state index contributed by atoms with van der Waals surface area (Å²) in [6, 6.07) is 0. The number of hydrogen-bond donors (Lipinski definition) is 1. The summed E-state index contributed by atoms with van der Waals surface area (Å²) in [7, 11) is 0. The molecule has 0 spiro atoms. The molecule has 0 atom stereocenters. The lowest BCUT2D eigenvalue weighted by molar-refractivity contribution is 0.0958. The molecule has 0 unspecified atom stereocenters. The van der Waals surface area contributed by atoms with Crippen molar-refractivity contribution in [2.24, 2.45) is 0 Å². The fraction of sp³-hybridized carbons (Fsp3) is 0.375. The molecular weight excluding hydrogens is 265 g/mol. The number of amides is 1. The second-order valence-corrected chi connectivity index (χ2v) is 4.97. The van der Waals surface area contributed by atoms with E-state index in [0.29, 0.717) is 15.8 Å². The molecule has 78 valence electrons. The summed E-state index contributed by atoms with van der Waals surface area (Å²) in [6.45, 7) is 2.58. The van der Waals surface area contributed by atoms with Crippen molar-refractivity contribution in [1.29, 1.82) is 0 Å². The van der Waals surface area contributed by atoms with Crippen molar-refractivity contribution in [3.63, 3.8) is 0 Å². The predicted molar refractivity (Wildman–Crippen MR) is 62.0 cm³/mol. The molecule has 0 aliphatic carbocycles. The van der Waals surface area contributed by atoms with Crippen LogP contribution in [0, 0.1) is 0 Å². The van der Waals surface area contributed by atoms with E-state index in [9.17, 15) is 4.79 Å². The Morgan fingerprint density at radius 3 is 2.43 bits per heavy atom. The molecule has 0 aliphatic rings. The van der Waals surface area contributed by atoms with Crippen LogP contribution in [0.4, 0.5) is 0 Å². The second kappa shape index (κ2) is 5.21. The quantitative estimate of drug-likeness (QED) is 0.890. The molecule has 1 heterocycles. The van der Waals surface area contributed by atoms with Crippen LogP contribution in [0.15, 0.2) is 0 Å². The normalized spacial score (nSPS) is 10.3. The summed E-state index contributed by atoms with van der Waals surface area (Å²) in [5.41, 5.74) is 0. The standard InChI is InChI=1S/C8H8Cl3NOS/c1-2-3-12-8(13)6-4(9)5(10)7(11)14-6/h2-3H2,1H3,(H,12,13). The van der Waals surface area contributed by atoms with Crippen LogP contribution in [0.1, 0.15) is 23.0 Å². The second-order valence-electron chi connectivity index (χ2n) is 2.59. The highest BCUT2D eigenvalue weighted by Gasteiger charge is 2.18. The minimum absolute atomic E-state index is 0.226. The van der Waals surface area contributed by atoms with E-state index in [1.807, 2.05) is 6.92 Å². The maximum atomic E-state index is 11.5. The van der Waals surface area contributed by atoms with Gasteiger partial charge in [0.1, 0.15) is 9.21 Å². The summed E-state index contributed by atoms with van der Waals surface area (Å²) in [5.74, 6) is -0.226.